The second-order valence-corrected chi connectivity index (χ2v) is 2.54. The Bertz CT molecular complexity index is 366. The molecule has 0 aliphatic rings. The van der Waals surface area contributed by atoms with Gasteiger partial charge in [0.25, 0.3) is 0 Å². The van der Waals surface area contributed by atoms with Gasteiger partial charge >= 0.3 is 5.97 Å². The number of hydrogen-bond donors (Lipinski definition) is 1. The van der Waals surface area contributed by atoms with Crippen molar-refractivity contribution < 1.29 is 18.3 Å². The van der Waals surface area contributed by atoms with Crippen molar-refractivity contribution in [3.8, 4) is 0 Å². The molecule has 0 spiro atoms. The lowest BCUT2D eigenvalue weighted by Crippen LogP contribution is -2.10. The van der Waals surface area contributed by atoms with Crippen LogP contribution in [0.15, 0.2) is 12.1 Å². The number of carbonyl (C=O) groups is 1. The number of benzene rings is 1. The lowest BCUT2D eigenvalue weighted by Gasteiger charge is -2.05. The van der Waals surface area contributed by atoms with E-state index in [9.17, 15) is 13.6 Å². The summed E-state index contributed by atoms with van der Waals surface area (Å²) in [4.78, 5) is 11.1. The second kappa shape index (κ2) is 4.04. The number of anilines is 1. The molecule has 0 saturated carbocycles. The monoisotopic (exact) mass is 201 g/mol. The minimum atomic E-state index is -1.23. The summed E-state index contributed by atoms with van der Waals surface area (Å²) in [6.07, 6.45) is 0. The van der Waals surface area contributed by atoms with Gasteiger partial charge in [0.05, 0.1) is 17.9 Å². The summed E-state index contributed by atoms with van der Waals surface area (Å²) in [5, 5.41) is 0. The van der Waals surface area contributed by atoms with Gasteiger partial charge < -0.3 is 10.5 Å². The maximum Gasteiger partial charge on any atom is 0.340 e. The number of rotatable bonds is 2. The standard InChI is InChI=1S/C9H9F2NO2/c1-2-14-9(13)5-3-4-6(10)7(11)8(5)12/h3-4H,2,12H2,1H3. The average molecular weight is 201 g/mol. The van der Waals surface area contributed by atoms with Crippen LogP contribution in [0.25, 0.3) is 0 Å². The zero-order valence-electron chi connectivity index (χ0n) is 7.51. The van der Waals surface area contributed by atoms with Crippen molar-refractivity contribution >= 4 is 11.7 Å². The van der Waals surface area contributed by atoms with E-state index < -0.39 is 23.3 Å². The highest BCUT2D eigenvalue weighted by atomic mass is 19.2. The van der Waals surface area contributed by atoms with Crippen molar-refractivity contribution in [2.24, 2.45) is 0 Å². The number of nitrogens with two attached hydrogens (primary N) is 1. The van der Waals surface area contributed by atoms with Gasteiger partial charge in [0.2, 0.25) is 0 Å². The summed E-state index contributed by atoms with van der Waals surface area (Å²) in [5.41, 5.74) is 4.51. The summed E-state index contributed by atoms with van der Waals surface area (Å²) in [6, 6.07) is 1.92. The summed E-state index contributed by atoms with van der Waals surface area (Å²) in [7, 11) is 0. The predicted molar refractivity (Wildman–Crippen MR) is 46.7 cm³/mol. The van der Waals surface area contributed by atoms with Crippen molar-refractivity contribution in [2.75, 3.05) is 12.3 Å². The number of hydrogen-bond acceptors (Lipinski definition) is 3. The molecule has 1 aromatic rings. The maximum atomic E-state index is 12.9. The van der Waals surface area contributed by atoms with Crippen molar-refractivity contribution in [3.05, 3.63) is 29.3 Å². The zero-order chi connectivity index (χ0) is 10.7. The molecule has 2 N–H and O–H groups in total. The number of ether oxygens (including phenoxy) is 1. The van der Waals surface area contributed by atoms with E-state index in [1.54, 1.807) is 6.92 Å². The Morgan fingerprint density at radius 1 is 1.50 bits per heavy atom. The van der Waals surface area contributed by atoms with Crippen LogP contribution in [0.3, 0.4) is 0 Å². The summed E-state index contributed by atoms with van der Waals surface area (Å²) in [6.45, 7) is 1.76. The number of halogens is 2. The fourth-order valence-corrected chi connectivity index (χ4v) is 0.953. The molecule has 0 fully saturated rings. The van der Waals surface area contributed by atoms with Gasteiger partial charge in [-0.05, 0) is 19.1 Å². The van der Waals surface area contributed by atoms with E-state index in [4.69, 9.17) is 5.73 Å². The normalized spacial score (nSPS) is 9.93. The van der Waals surface area contributed by atoms with E-state index in [-0.39, 0.29) is 12.2 Å². The fraction of sp³-hybridized carbons (Fsp3) is 0.222. The average Bonchev–Trinajstić information content (AvgIpc) is 2.15. The molecule has 1 aromatic carbocycles. The van der Waals surface area contributed by atoms with Crippen LogP contribution in [-0.2, 0) is 4.74 Å². The van der Waals surface area contributed by atoms with Crippen LogP contribution in [0.1, 0.15) is 17.3 Å². The number of carbonyl (C=O) groups excluding carboxylic acids is 1. The van der Waals surface area contributed by atoms with Gasteiger partial charge in [-0.25, -0.2) is 13.6 Å². The first-order valence-corrected chi connectivity index (χ1v) is 3.98. The topological polar surface area (TPSA) is 52.3 Å². The molecule has 14 heavy (non-hydrogen) atoms. The molecule has 0 unspecified atom stereocenters. The Kier molecular flexibility index (Phi) is 3.01. The fourth-order valence-electron chi connectivity index (χ4n) is 0.953. The van der Waals surface area contributed by atoms with E-state index in [1.165, 1.54) is 0 Å². The molecule has 0 heterocycles. The van der Waals surface area contributed by atoms with Crippen LogP contribution >= 0.6 is 0 Å². The highest BCUT2D eigenvalue weighted by Crippen LogP contribution is 2.19. The number of esters is 1. The molecule has 5 heteroatoms. The van der Waals surface area contributed by atoms with Crippen LogP contribution in [0.2, 0.25) is 0 Å². The van der Waals surface area contributed by atoms with Crippen LogP contribution in [0.4, 0.5) is 14.5 Å². The van der Waals surface area contributed by atoms with Gasteiger partial charge in [-0.15, -0.1) is 0 Å². The summed E-state index contributed by atoms with van der Waals surface area (Å²) >= 11 is 0. The van der Waals surface area contributed by atoms with Gasteiger partial charge in [0.1, 0.15) is 0 Å². The molecule has 0 aliphatic heterocycles. The van der Waals surface area contributed by atoms with Gasteiger partial charge in [0, 0.05) is 0 Å². The molecular formula is C9H9F2NO2. The van der Waals surface area contributed by atoms with E-state index >= 15 is 0 Å². The molecule has 0 aliphatic carbocycles. The largest absolute Gasteiger partial charge is 0.462 e. The second-order valence-electron chi connectivity index (χ2n) is 2.54. The third kappa shape index (κ3) is 1.81. The SMILES string of the molecule is CCOC(=O)c1ccc(F)c(F)c1N. The molecule has 1 rings (SSSR count). The maximum absolute atomic E-state index is 12.9. The molecule has 0 bridgehead atoms. The minimum absolute atomic E-state index is 0.150. The van der Waals surface area contributed by atoms with Crippen molar-refractivity contribution in [2.45, 2.75) is 6.92 Å². The molecule has 0 radical (unpaired) electrons. The highest BCUT2D eigenvalue weighted by molar-refractivity contribution is 5.95. The Morgan fingerprint density at radius 3 is 2.71 bits per heavy atom. The Labute approximate surface area is 79.5 Å². The molecule has 0 aromatic heterocycles. The lowest BCUT2D eigenvalue weighted by atomic mass is 10.1. The Hall–Kier alpha value is -1.65. The molecular weight excluding hydrogens is 192 g/mol. The van der Waals surface area contributed by atoms with Gasteiger partial charge in [-0.1, -0.05) is 0 Å². The van der Waals surface area contributed by atoms with Crippen LogP contribution in [0.5, 0.6) is 0 Å². The molecule has 0 saturated heterocycles. The third-order valence-electron chi connectivity index (χ3n) is 1.63. The highest BCUT2D eigenvalue weighted by Gasteiger charge is 2.16. The van der Waals surface area contributed by atoms with E-state index in [1.807, 2.05) is 0 Å². The first kappa shape index (κ1) is 10.4. The van der Waals surface area contributed by atoms with Gasteiger partial charge in [-0.3, -0.25) is 0 Å². The lowest BCUT2D eigenvalue weighted by molar-refractivity contribution is 0.0527. The van der Waals surface area contributed by atoms with Gasteiger partial charge in [0.15, 0.2) is 11.6 Å². The molecule has 76 valence electrons. The summed E-state index contributed by atoms with van der Waals surface area (Å²) < 4.78 is 30.1. The van der Waals surface area contributed by atoms with Crippen LogP contribution in [0, 0.1) is 11.6 Å². The van der Waals surface area contributed by atoms with E-state index in [0.29, 0.717) is 0 Å². The quantitative estimate of drug-likeness (QED) is 0.585. The number of nitrogen functional groups attached to an aromatic ring is 1. The first-order chi connectivity index (χ1) is 6.57. The van der Waals surface area contributed by atoms with Crippen LogP contribution in [-0.4, -0.2) is 12.6 Å². The minimum Gasteiger partial charge on any atom is -0.462 e. The van der Waals surface area contributed by atoms with E-state index in [2.05, 4.69) is 4.74 Å². The predicted octanol–water partition coefficient (Wildman–Crippen LogP) is 1.72. The van der Waals surface area contributed by atoms with Crippen molar-refractivity contribution in [1.82, 2.24) is 0 Å². The molecule has 0 amide bonds. The first-order valence-electron chi connectivity index (χ1n) is 3.98. The van der Waals surface area contributed by atoms with Crippen molar-refractivity contribution in [3.63, 3.8) is 0 Å². The van der Waals surface area contributed by atoms with Gasteiger partial charge in [-0.2, -0.15) is 0 Å². The smallest absolute Gasteiger partial charge is 0.340 e. The van der Waals surface area contributed by atoms with E-state index in [0.717, 1.165) is 12.1 Å². The molecule has 3 nitrogen and oxygen atoms in total. The van der Waals surface area contributed by atoms with Crippen LogP contribution < -0.4 is 5.73 Å². The zero-order valence-corrected chi connectivity index (χ0v) is 7.51. The van der Waals surface area contributed by atoms with Crippen molar-refractivity contribution in [1.29, 1.82) is 0 Å². The Morgan fingerprint density at radius 2 is 2.14 bits per heavy atom. The third-order valence-corrected chi connectivity index (χ3v) is 1.63. The molecule has 0 atom stereocenters. The summed E-state index contributed by atoms with van der Waals surface area (Å²) in [5.74, 6) is -3.07. The Balaban J connectivity index is 3.11.